The Hall–Kier alpha value is -4.50. The zero-order valence-electron chi connectivity index (χ0n) is 18.7. The van der Waals surface area contributed by atoms with E-state index in [-0.39, 0.29) is 5.56 Å². The summed E-state index contributed by atoms with van der Waals surface area (Å²) in [5.41, 5.74) is 4.22. The Bertz CT molecular complexity index is 1440. The summed E-state index contributed by atoms with van der Waals surface area (Å²) in [5, 5.41) is 10.4. The highest BCUT2D eigenvalue weighted by Gasteiger charge is 2.16. The van der Waals surface area contributed by atoms with E-state index < -0.39 is 11.8 Å². The highest BCUT2D eigenvalue weighted by atomic mass is 19.1. The van der Waals surface area contributed by atoms with E-state index in [0.717, 1.165) is 16.9 Å². The second kappa shape index (κ2) is 9.97. The van der Waals surface area contributed by atoms with E-state index in [0.29, 0.717) is 34.3 Å². The van der Waals surface area contributed by atoms with Crippen LogP contribution in [0.2, 0.25) is 0 Å². The molecule has 0 N–H and O–H groups in total. The molecule has 3 aromatic carbocycles. The second-order valence-corrected chi connectivity index (χ2v) is 7.39. The lowest BCUT2D eigenvalue weighted by molar-refractivity contribution is -0.134. The third kappa shape index (κ3) is 4.50. The highest BCUT2D eigenvalue weighted by Crippen LogP contribution is 2.34. The molecule has 0 aliphatic carbocycles. The first-order valence-electron chi connectivity index (χ1n) is 10.7. The molecule has 0 atom stereocenters. The monoisotopic (exact) mass is 452 g/mol. The van der Waals surface area contributed by atoms with Crippen molar-refractivity contribution in [1.82, 2.24) is 4.98 Å². The summed E-state index contributed by atoms with van der Waals surface area (Å²) in [7, 11) is 1.26. The van der Waals surface area contributed by atoms with E-state index in [4.69, 9.17) is 4.74 Å². The predicted octanol–water partition coefficient (Wildman–Crippen LogP) is 6.16. The van der Waals surface area contributed by atoms with Crippen molar-refractivity contribution in [3.8, 4) is 34.2 Å². The van der Waals surface area contributed by atoms with Gasteiger partial charge in [0.1, 0.15) is 17.6 Å². The minimum Gasteiger partial charge on any atom is -0.493 e. The molecule has 1 aromatic heterocycles. The number of hydrogen-bond donors (Lipinski definition) is 0. The maximum Gasteiger partial charge on any atom is 0.330 e. The van der Waals surface area contributed by atoms with Crippen LogP contribution in [0.25, 0.3) is 39.4 Å². The van der Waals surface area contributed by atoms with Crippen LogP contribution in [0.4, 0.5) is 4.39 Å². The maximum atomic E-state index is 14.0. The number of ether oxygens (including phenoxy) is 2. The number of rotatable bonds is 6. The molecular weight excluding hydrogens is 431 g/mol. The largest absolute Gasteiger partial charge is 0.493 e. The van der Waals surface area contributed by atoms with Crippen LogP contribution in [0, 0.1) is 17.1 Å². The maximum absolute atomic E-state index is 14.0. The number of nitriles is 1. The molecule has 4 aromatic rings. The number of pyridine rings is 1. The molecule has 168 valence electrons. The number of carbonyl (C=O) groups is 1. The standard InChI is InChI=1S/C28H21FN2O3/c1-3-34-26-7-5-4-6-21(26)18-8-10-19(11-9-18)28-24(17-30)22(13-15-27(32)33-2)23-16-20(29)12-14-25(23)31-28/h4-16H,3H2,1-2H3/b15-13+. The van der Waals surface area contributed by atoms with Gasteiger partial charge in [0.2, 0.25) is 0 Å². The van der Waals surface area contributed by atoms with E-state index in [1.165, 1.54) is 31.4 Å². The molecule has 0 saturated carbocycles. The van der Waals surface area contributed by atoms with Gasteiger partial charge < -0.3 is 9.47 Å². The van der Waals surface area contributed by atoms with E-state index in [1.54, 1.807) is 6.07 Å². The van der Waals surface area contributed by atoms with Gasteiger partial charge in [-0.1, -0.05) is 42.5 Å². The van der Waals surface area contributed by atoms with Crippen LogP contribution < -0.4 is 4.74 Å². The normalized spacial score (nSPS) is 10.9. The number of aromatic nitrogens is 1. The second-order valence-electron chi connectivity index (χ2n) is 7.39. The van der Waals surface area contributed by atoms with Crippen molar-refractivity contribution in [1.29, 1.82) is 5.26 Å². The van der Waals surface area contributed by atoms with E-state index in [9.17, 15) is 14.4 Å². The fraction of sp³-hybridized carbons (Fsp3) is 0.107. The van der Waals surface area contributed by atoms with Crippen molar-refractivity contribution >= 4 is 22.9 Å². The van der Waals surface area contributed by atoms with Crippen LogP contribution >= 0.6 is 0 Å². The summed E-state index contributed by atoms with van der Waals surface area (Å²) in [4.78, 5) is 16.3. The Balaban J connectivity index is 1.87. The molecule has 0 fully saturated rings. The average molecular weight is 452 g/mol. The third-order valence-electron chi connectivity index (χ3n) is 5.34. The van der Waals surface area contributed by atoms with E-state index in [2.05, 4.69) is 15.8 Å². The molecule has 4 rings (SSSR count). The number of benzene rings is 3. The Morgan fingerprint density at radius 2 is 1.82 bits per heavy atom. The molecular formula is C28H21FN2O3. The molecule has 0 bridgehead atoms. The molecule has 0 unspecified atom stereocenters. The van der Waals surface area contributed by atoms with Crippen molar-refractivity contribution in [3.05, 3.63) is 89.8 Å². The van der Waals surface area contributed by atoms with Crippen molar-refractivity contribution in [3.63, 3.8) is 0 Å². The van der Waals surface area contributed by atoms with Crippen molar-refractivity contribution in [2.75, 3.05) is 13.7 Å². The summed E-state index contributed by atoms with van der Waals surface area (Å²) >= 11 is 0. The molecule has 6 heteroatoms. The number of para-hydroxylation sites is 1. The number of carbonyl (C=O) groups excluding carboxylic acids is 1. The molecule has 0 aliphatic rings. The zero-order chi connectivity index (χ0) is 24.1. The van der Waals surface area contributed by atoms with Crippen LogP contribution in [0.15, 0.2) is 72.8 Å². The number of esters is 1. The highest BCUT2D eigenvalue weighted by molar-refractivity contribution is 5.97. The van der Waals surface area contributed by atoms with Crippen LogP contribution in [0.3, 0.4) is 0 Å². The molecule has 0 spiro atoms. The lowest BCUT2D eigenvalue weighted by Gasteiger charge is -2.13. The Kier molecular flexibility index (Phi) is 6.65. The molecule has 1 heterocycles. The zero-order valence-corrected chi connectivity index (χ0v) is 18.7. The molecule has 0 saturated heterocycles. The van der Waals surface area contributed by atoms with E-state index >= 15 is 0 Å². The smallest absolute Gasteiger partial charge is 0.330 e. The number of halogens is 1. The van der Waals surface area contributed by atoms with E-state index in [1.807, 2.05) is 55.5 Å². The topological polar surface area (TPSA) is 72.2 Å². The molecule has 0 radical (unpaired) electrons. The van der Waals surface area contributed by atoms with Crippen LogP contribution in [0.1, 0.15) is 18.1 Å². The van der Waals surface area contributed by atoms with Crippen molar-refractivity contribution < 1.29 is 18.7 Å². The quantitative estimate of drug-likeness (QED) is 0.259. The SMILES string of the molecule is CCOc1ccccc1-c1ccc(-c2nc3ccc(F)cc3c(/C=C/C(=O)OC)c2C#N)cc1. The van der Waals surface area contributed by atoms with Gasteiger partial charge in [-0.05, 0) is 42.8 Å². The van der Waals surface area contributed by atoms with Gasteiger partial charge in [-0.3, -0.25) is 0 Å². The van der Waals surface area contributed by atoms with Gasteiger partial charge >= 0.3 is 5.97 Å². The molecule has 34 heavy (non-hydrogen) atoms. The summed E-state index contributed by atoms with van der Waals surface area (Å²) in [6, 6.07) is 21.8. The molecule has 0 aliphatic heterocycles. The molecule has 0 amide bonds. The predicted molar refractivity (Wildman–Crippen MR) is 130 cm³/mol. The van der Waals surface area contributed by atoms with Gasteiger partial charge in [0.05, 0.1) is 30.5 Å². The first-order chi connectivity index (χ1) is 16.5. The summed E-state index contributed by atoms with van der Waals surface area (Å²) in [6.07, 6.45) is 2.67. The lowest BCUT2D eigenvalue weighted by Crippen LogP contribution is -1.98. The number of hydrogen-bond acceptors (Lipinski definition) is 5. The number of fused-ring (bicyclic) bond motifs is 1. The fourth-order valence-corrected chi connectivity index (χ4v) is 3.77. The summed E-state index contributed by atoms with van der Waals surface area (Å²) in [5.74, 6) is -0.253. The first-order valence-corrected chi connectivity index (χ1v) is 10.7. The Morgan fingerprint density at radius 1 is 1.09 bits per heavy atom. The lowest BCUT2D eigenvalue weighted by atomic mass is 9.95. The Labute approximate surface area is 196 Å². The minimum absolute atomic E-state index is 0.237. The fourth-order valence-electron chi connectivity index (χ4n) is 3.77. The average Bonchev–Trinajstić information content (AvgIpc) is 2.87. The summed E-state index contributed by atoms with van der Waals surface area (Å²) < 4.78 is 24.4. The number of methoxy groups -OCH3 is 1. The van der Waals surface area contributed by atoms with Crippen LogP contribution in [0.5, 0.6) is 5.75 Å². The van der Waals surface area contributed by atoms with Gasteiger partial charge in [0.15, 0.2) is 0 Å². The van der Waals surface area contributed by atoms with Crippen LogP contribution in [-0.4, -0.2) is 24.7 Å². The minimum atomic E-state index is -0.580. The Morgan fingerprint density at radius 3 is 2.53 bits per heavy atom. The molecule has 5 nitrogen and oxygen atoms in total. The first kappa shape index (κ1) is 22.7. The van der Waals surface area contributed by atoms with Gasteiger partial charge in [-0.2, -0.15) is 5.26 Å². The summed E-state index contributed by atoms with van der Waals surface area (Å²) in [6.45, 7) is 2.50. The van der Waals surface area contributed by atoms with Gasteiger partial charge in [-0.25, -0.2) is 14.2 Å². The van der Waals surface area contributed by atoms with Crippen LogP contribution in [-0.2, 0) is 9.53 Å². The van der Waals surface area contributed by atoms with Gasteiger partial charge in [0, 0.05) is 28.2 Å². The van der Waals surface area contributed by atoms with Gasteiger partial charge in [-0.15, -0.1) is 0 Å². The van der Waals surface area contributed by atoms with Gasteiger partial charge in [0.25, 0.3) is 0 Å². The number of nitrogens with zero attached hydrogens (tertiary/aromatic N) is 2. The third-order valence-corrected chi connectivity index (χ3v) is 5.34. The van der Waals surface area contributed by atoms with Crippen molar-refractivity contribution in [2.45, 2.75) is 6.92 Å². The van der Waals surface area contributed by atoms with Crippen molar-refractivity contribution in [2.24, 2.45) is 0 Å².